The topological polar surface area (TPSA) is 115 Å². The predicted octanol–water partition coefficient (Wildman–Crippen LogP) is 1.49. The number of aryl methyl sites for hydroxylation is 1. The molecule has 0 aliphatic rings. The van der Waals surface area contributed by atoms with Crippen molar-refractivity contribution < 1.29 is 4.92 Å². The lowest BCUT2D eigenvalue weighted by molar-refractivity contribution is -0.384. The molecule has 2 rings (SSSR count). The third-order valence-corrected chi connectivity index (χ3v) is 2.71. The summed E-state index contributed by atoms with van der Waals surface area (Å²) in [6, 6.07) is 5.76. The van der Waals surface area contributed by atoms with E-state index < -0.39 is 4.92 Å². The van der Waals surface area contributed by atoms with Crippen molar-refractivity contribution >= 4 is 11.6 Å². The standard InChI is InChI=1S/C12H12N4O3/c1-2-9-10(11(17)15-12(13)14-9)7-3-5-8(6-4-7)16(18)19/h3-6H,2H2,1H3,(H3,13,14,15,17). The highest BCUT2D eigenvalue weighted by Gasteiger charge is 2.13. The molecule has 7 heteroatoms. The lowest BCUT2D eigenvalue weighted by Crippen LogP contribution is -2.16. The van der Waals surface area contributed by atoms with Crippen molar-refractivity contribution in [2.75, 3.05) is 5.73 Å². The van der Waals surface area contributed by atoms with Gasteiger partial charge in [0.1, 0.15) is 0 Å². The monoisotopic (exact) mass is 260 g/mol. The molecule has 0 aliphatic heterocycles. The van der Waals surface area contributed by atoms with Crippen molar-refractivity contribution in [3.05, 3.63) is 50.4 Å². The number of nitrogens with two attached hydrogens (primary N) is 1. The minimum atomic E-state index is -0.490. The Labute approximate surface area is 108 Å². The van der Waals surface area contributed by atoms with Crippen LogP contribution in [-0.4, -0.2) is 14.9 Å². The van der Waals surface area contributed by atoms with Gasteiger partial charge in [0.15, 0.2) is 0 Å². The molecule has 7 nitrogen and oxygen atoms in total. The SMILES string of the molecule is CCc1nc(N)[nH]c(=O)c1-c1ccc([N+](=O)[O-])cc1. The number of nitro groups is 1. The van der Waals surface area contributed by atoms with Crippen molar-refractivity contribution in [3.63, 3.8) is 0 Å². The number of aromatic nitrogens is 2. The fourth-order valence-electron chi connectivity index (χ4n) is 1.84. The first kappa shape index (κ1) is 12.7. The highest BCUT2D eigenvalue weighted by molar-refractivity contribution is 5.66. The molecule has 0 unspecified atom stereocenters. The Balaban J connectivity index is 2.58. The zero-order valence-corrected chi connectivity index (χ0v) is 10.2. The summed E-state index contributed by atoms with van der Waals surface area (Å²) >= 11 is 0. The van der Waals surface area contributed by atoms with Crippen LogP contribution in [0.2, 0.25) is 0 Å². The van der Waals surface area contributed by atoms with Gasteiger partial charge in [-0.05, 0) is 24.1 Å². The van der Waals surface area contributed by atoms with Crippen molar-refractivity contribution in [2.45, 2.75) is 13.3 Å². The highest BCUT2D eigenvalue weighted by atomic mass is 16.6. The number of non-ortho nitro benzene ring substituents is 1. The molecule has 0 radical (unpaired) electrons. The van der Waals surface area contributed by atoms with Crippen LogP contribution in [0.4, 0.5) is 11.6 Å². The second-order valence-electron chi connectivity index (χ2n) is 3.93. The molecule has 3 N–H and O–H groups in total. The van der Waals surface area contributed by atoms with E-state index in [4.69, 9.17) is 5.73 Å². The van der Waals surface area contributed by atoms with Crippen LogP contribution < -0.4 is 11.3 Å². The van der Waals surface area contributed by atoms with Gasteiger partial charge in [0.2, 0.25) is 5.95 Å². The molecule has 0 spiro atoms. The zero-order valence-electron chi connectivity index (χ0n) is 10.2. The van der Waals surface area contributed by atoms with Gasteiger partial charge in [-0.3, -0.25) is 19.9 Å². The number of aromatic amines is 1. The molecule has 2 aromatic rings. The van der Waals surface area contributed by atoms with Crippen LogP contribution in [0.3, 0.4) is 0 Å². The van der Waals surface area contributed by atoms with Crippen molar-refractivity contribution in [1.82, 2.24) is 9.97 Å². The fourth-order valence-corrected chi connectivity index (χ4v) is 1.84. The number of nitro benzene ring substituents is 1. The molecule has 0 saturated carbocycles. The number of nitrogens with zero attached hydrogens (tertiary/aromatic N) is 2. The van der Waals surface area contributed by atoms with E-state index in [1.54, 1.807) is 0 Å². The van der Waals surface area contributed by atoms with Crippen molar-refractivity contribution in [1.29, 1.82) is 0 Å². The Bertz CT molecular complexity index is 676. The first-order chi connectivity index (χ1) is 9.02. The van der Waals surface area contributed by atoms with Crippen LogP contribution in [-0.2, 0) is 6.42 Å². The third-order valence-electron chi connectivity index (χ3n) is 2.71. The molecule has 1 heterocycles. The number of hydrogen-bond acceptors (Lipinski definition) is 5. The quantitative estimate of drug-likeness (QED) is 0.640. The molecule has 0 fully saturated rings. The molecule has 0 saturated heterocycles. The first-order valence-corrected chi connectivity index (χ1v) is 5.66. The minimum absolute atomic E-state index is 0.0263. The normalized spacial score (nSPS) is 10.4. The van der Waals surface area contributed by atoms with Gasteiger partial charge < -0.3 is 5.73 Å². The van der Waals surface area contributed by atoms with Gasteiger partial charge in [0, 0.05) is 12.1 Å². The van der Waals surface area contributed by atoms with Crippen LogP contribution in [0.5, 0.6) is 0 Å². The van der Waals surface area contributed by atoms with E-state index in [9.17, 15) is 14.9 Å². The Morgan fingerprint density at radius 3 is 2.53 bits per heavy atom. The Kier molecular flexibility index (Phi) is 3.28. The van der Waals surface area contributed by atoms with E-state index in [-0.39, 0.29) is 17.2 Å². The van der Waals surface area contributed by atoms with Gasteiger partial charge in [-0.15, -0.1) is 0 Å². The van der Waals surface area contributed by atoms with E-state index in [0.717, 1.165) is 0 Å². The van der Waals surface area contributed by atoms with Crippen molar-refractivity contribution in [3.8, 4) is 11.1 Å². The van der Waals surface area contributed by atoms with Crippen LogP contribution >= 0.6 is 0 Å². The number of anilines is 1. The highest BCUT2D eigenvalue weighted by Crippen LogP contribution is 2.22. The van der Waals surface area contributed by atoms with E-state index in [1.165, 1.54) is 24.3 Å². The van der Waals surface area contributed by atoms with Crippen LogP contribution in [0.1, 0.15) is 12.6 Å². The van der Waals surface area contributed by atoms with Gasteiger partial charge in [-0.2, -0.15) is 0 Å². The summed E-state index contributed by atoms with van der Waals surface area (Å²) in [5.74, 6) is 0.0625. The van der Waals surface area contributed by atoms with Gasteiger partial charge in [0.05, 0.1) is 16.2 Å². The van der Waals surface area contributed by atoms with E-state index in [1.807, 2.05) is 6.92 Å². The lowest BCUT2D eigenvalue weighted by Gasteiger charge is -2.06. The fraction of sp³-hybridized carbons (Fsp3) is 0.167. The van der Waals surface area contributed by atoms with E-state index in [2.05, 4.69) is 9.97 Å². The van der Waals surface area contributed by atoms with Crippen LogP contribution in [0.25, 0.3) is 11.1 Å². The van der Waals surface area contributed by atoms with E-state index >= 15 is 0 Å². The largest absolute Gasteiger partial charge is 0.369 e. The number of nitrogens with one attached hydrogen (secondary N) is 1. The summed E-state index contributed by atoms with van der Waals surface area (Å²) in [7, 11) is 0. The molecular formula is C12H12N4O3. The molecule has 98 valence electrons. The minimum Gasteiger partial charge on any atom is -0.369 e. The zero-order chi connectivity index (χ0) is 14.0. The molecule has 1 aromatic carbocycles. The molecule has 19 heavy (non-hydrogen) atoms. The molecule has 0 amide bonds. The third kappa shape index (κ3) is 2.44. The summed E-state index contributed by atoms with van der Waals surface area (Å²) in [5.41, 5.74) is 6.65. The molecule has 0 atom stereocenters. The second kappa shape index (κ2) is 4.89. The molecule has 1 aromatic heterocycles. The van der Waals surface area contributed by atoms with Gasteiger partial charge in [-0.1, -0.05) is 6.92 Å². The first-order valence-electron chi connectivity index (χ1n) is 5.66. The number of hydrogen-bond donors (Lipinski definition) is 2. The molecule has 0 bridgehead atoms. The number of nitrogen functional groups attached to an aromatic ring is 1. The molecular weight excluding hydrogens is 248 g/mol. The Hall–Kier alpha value is -2.70. The summed E-state index contributed by atoms with van der Waals surface area (Å²) in [5, 5.41) is 10.6. The number of rotatable bonds is 3. The summed E-state index contributed by atoms with van der Waals surface area (Å²) in [6.45, 7) is 1.86. The maximum Gasteiger partial charge on any atom is 0.269 e. The summed E-state index contributed by atoms with van der Waals surface area (Å²) in [4.78, 5) is 28.5. The Morgan fingerprint density at radius 1 is 1.37 bits per heavy atom. The number of benzene rings is 1. The Morgan fingerprint density at radius 2 is 2.00 bits per heavy atom. The lowest BCUT2D eigenvalue weighted by atomic mass is 10.0. The van der Waals surface area contributed by atoms with Crippen LogP contribution in [0.15, 0.2) is 29.1 Å². The average molecular weight is 260 g/mol. The number of H-pyrrole nitrogens is 1. The second-order valence-corrected chi connectivity index (χ2v) is 3.93. The molecule has 0 aliphatic carbocycles. The predicted molar refractivity (Wildman–Crippen MR) is 70.7 cm³/mol. The summed E-state index contributed by atoms with van der Waals surface area (Å²) in [6.07, 6.45) is 0.542. The smallest absolute Gasteiger partial charge is 0.269 e. The average Bonchev–Trinajstić information content (AvgIpc) is 2.38. The van der Waals surface area contributed by atoms with Crippen molar-refractivity contribution in [2.24, 2.45) is 0 Å². The summed E-state index contributed by atoms with van der Waals surface area (Å²) < 4.78 is 0. The van der Waals surface area contributed by atoms with Gasteiger partial charge in [0.25, 0.3) is 11.2 Å². The maximum absolute atomic E-state index is 11.9. The van der Waals surface area contributed by atoms with Gasteiger partial charge in [-0.25, -0.2) is 4.98 Å². The van der Waals surface area contributed by atoms with Gasteiger partial charge >= 0.3 is 0 Å². The maximum atomic E-state index is 11.9. The van der Waals surface area contributed by atoms with Crippen LogP contribution in [0, 0.1) is 10.1 Å². The van der Waals surface area contributed by atoms with E-state index in [0.29, 0.717) is 23.2 Å².